The molecule has 1 amide bonds. The van der Waals surface area contributed by atoms with Crippen molar-refractivity contribution in [2.24, 2.45) is 0 Å². The molecule has 1 heterocycles. The summed E-state index contributed by atoms with van der Waals surface area (Å²) in [5.74, 6) is -0.0378. The van der Waals surface area contributed by atoms with Crippen molar-refractivity contribution in [3.05, 3.63) is 0 Å². The first-order valence-corrected chi connectivity index (χ1v) is 6.18. The zero-order valence-electron chi connectivity index (χ0n) is 10.6. The van der Waals surface area contributed by atoms with Gasteiger partial charge in [0, 0.05) is 12.1 Å². The van der Waals surface area contributed by atoms with Crippen LogP contribution in [0.3, 0.4) is 0 Å². The number of hydrogen-bond donors (Lipinski definition) is 2. The lowest BCUT2D eigenvalue weighted by molar-refractivity contribution is -0.128. The first kappa shape index (κ1) is 13.5. The van der Waals surface area contributed by atoms with E-state index in [4.69, 9.17) is 0 Å². The molecule has 2 N–H and O–H groups in total. The summed E-state index contributed by atoms with van der Waals surface area (Å²) < 4.78 is 0. The van der Waals surface area contributed by atoms with Gasteiger partial charge in [0.15, 0.2) is 0 Å². The Labute approximate surface area is 98.0 Å². The minimum Gasteiger partial charge on any atom is -0.394 e. The standard InChI is InChI=1S/C12H24N2O2/c1-4-5-8-14-10(9-15)11(16)13-7-6-12(14,2)3/h10,15H,4-9H2,1-3H3,(H,13,16). The summed E-state index contributed by atoms with van der Waals surface area (Å²) in [6.45, 7) is 7.90. The maximum Gasteiger partial charge on any atom is 0.239 e. The highest BCUT2D eigenvalue weighted by molar-refractivity contribution is 5.82. The van der Waals surface area contributed by atoms with E-state index in [1.807, 2.05) is 0 Å². The van der Waals surface area contributed by atoms with Gasteiger partial charge in [-0.05, 0) is 33.2 Å². The second-order valence-electron chi connectivity index (χ2n) is 5.10. The molecule has 0 aliphatic carbocycles. The topological polar surface area (TPSA) is 52.6 Å². The Morgan fingerprint density at radius 3 is 2.81 bits per heavy atom. The van der Waals surface area contributed by atoms with Crippen LogP contribution in [0.4, 0.5) is 0 Å². The second-order valence-corrected chi connectivity index (χ2v) is 5.10. The van der Waals surface area contributed by atoms with Gasteiger partial charge in [-0.25, -0.2) is 0 Å². The Morgan fingerprint density at radius 2 is 2.25 bits per heavy atom. The number of rotatable bonds is 4. The zero-order chi connectivity index (χ0) is 12.2. The van der Waals surface area contributed by atoms with Crippen LogP contribution < -0.4 is 5.32 Å². The highest BCUT2D eigenvalue weighted by Gasteiger charge is 2.37. The summed E-state index contributed by atoms with van der Waals surface area (Å²) in [5.41, 5.74) is -0.0261. The predicted octanol–water partition coefficient (Wildman–Crippen LogP) is 0.748. The third kappa shape index (κ3) is 2.95. The van der Waals surface area contributed by atoms with E-state index in [1.165, 1.54) is 0 Å². The minimum atomic E-state index is -0.385. The van der Waals surface area contributed by atoms with Crippen LogP contribution in [0.15, 0.2) is 0 Å². The third-order valence-electron chi connectivity index (χ3n) is 3.42. The molecule has 0 radical (unpaired) electrons. The van der Waals surface area contributed by atoms with E-state index in [0.717, 1.165) is 25.8 Å². The molecule has 1 aliphatic rings. The molecular weight excluding hydrogens is 204 g/mol. The molecule has 0 saturated carbocycles. The Balaban J connectivity index is 2.84. The Bertz CT molecular complexity index is 241. The normalized spacial score (nSPS) is 26.2. The van der Waals surface area contributed by atoms with Crippen molar-refractivity contribution in [3.63, 3.8) is 0 Å². The Morgan fingerprint density at radius 1 is 1.56 bits per heavy atom. The molecule has 0 aromatic carbocycles. The molecule has 4 nitrogen and oxygen atoms in total. The van der Waals surface area contributed by atoms with Crippen LogP contribution in [0.25, 0.3) is 0 Å². The van der Waals surface area contributed by atoms with E-state index in [1.54, 1.807) is 0 Å². The number of hydrogen-bond acceptors (Lipinski definition) is 3. The fourth-order valence-electron chi connectivity index (χ4n) is 2.28. The number of amides is 1. The van der Waals surface area contributed by atoms with Crippen LogP contribution in [0.2, 0.25) is 0 Å². The second kappa shape index (κ2) is 5.64. The van der Waals surface area contributed by atoms with Crippen LogP contribution >= 0.6 is 0 Å². The Kier molecular flexibility index (Phi) is 4.74. The van der Waals surface area contributed by atoms with Gasteiger partial charge in [-0.1, -0.05) is 13.3 Å². The largest absolute Gasteiger partial charge is 0.394 e. The summed E-state index contributed by atoms with van der Waals surface area (Å²) >= 11 is 0. The number of aliphatic hydroxyl groups excluding tert-OH is 1. The summed E-state index contributed by atoms with van der Waals surface area (Å²) in [4.78, 5) is 13.9. The molecule has 0 aromatic heterocycles. The quantitative estimate of drug-likeness (QED) is 0.746. The summed E-state index contributed by atoms with van der Waals surface area (Å²) in [7, 11) is 0. The number of nitrogens with zero attached hydrogens (tertiary/aromatic N) is 1. The number of carbonyl (C=O) groups is 1. The van der Waals surface area contributed by atoms with Crippen molar-refractivity contribution in [1.82, 2.24) is 10.2 Å². The van der Waals surface area contributed by atoms with Crippen LogP contribution in [-0.4, -0.2) is 47.2 Å². The number of nitrogens with one attached hydrogen (secondary N) is 1. The highest BCUT2D eigenvalue weighted by atomic mass is 16.3. The summed E-state index contributed by atoms with van der Waals surface area (Å²) in [6.07, 6.45) is 3.10. The van der Waals surface area contributed by atoms with Crippen molar-refractivity contribution >= 4 is 5.91 Å². The molecule has 0 bridgehead atoms. The van der Waals surface area contributed by atoms with Gasteiger partial charge >= 0.3 is 0 Å². The SMILES string of the molecule is CCCCN1C(CO)C(=O)NCCC1(C)C. The minimum absolute atomic E-state index is 0.0261. The number of unbranched alkanes of at least 4 members (excludes halogenated alkanes) is 1. The summed E-state index contributed by atoms with van der Waals surface area (Å²) in [6, 6.07) is -0.385. The fourth-order valence-corrected chi connectivity index (χ4v) is 2.28. The molecule has 1 saturated heterocycles. The van der Waals surface area contributed by atoms with Gasteiger partial charge in [-0.3, -0.25) is 9.69 Å². The molecule has 1 fully saturated rings. The highest BCUT2D eigenvalue weighted by Crippen LogP contribution is 2.24. The molecule has 16 heavy (non-hydrogen) atoms. The molecule has 0 spiro atoms. The number of aliphatic hydroxyl groups is 1. The molecule has 0 aromatic rings. The van der Waals surface area contributed by atoms with E-state index >= 15 is 0 Å². The maximum atomic E-state index is 11.8. The zero-order valence-corrected chi connectivity index (χ0v) is 10.6. The van der Waals surface area contributed by atoms with E-state index in [2.05, 4.69) is 31.0 Å². The fraction of sp³-hybridized carbons (Fsp3) is 0.917. The average Bonchev–Trinajstić information content (AvgIpc) is 2.32. The van der Waals surface area contributed by atoms with Crippen molar-refractivity contribution < 1.29 is 9.90 Å². The van der Waals surface area contributed by atoms with Crippen molar-refractivity contribution in [1.29, 1.82) is 0 Å². The first-order chi connectivity index (χ1) is 7.53. The van der Waals surface area contributed by atoms with Gasteiger partial charge in [0.25, 0.3) is 0 Å². The maximum absolute atomic E-state index is 11.8. The molecule has 1 rings (SSSR count). The van der Waals surface area contributed by atoms with Gasteiger partial charge in [0.2, 0.25) is 5.91 Å². The van der Waals surface area contributed by atoms with E-state index < -0.39 is 0 Å². The Hall–Kier alpha value is -0.610. The lowest BCUT2D eigenvalue weighted by atomic mass is 9.96. The molecule has 1 unspecified atom stereocenters. The van der Waals surface area contributed by atoms with Crippen molar-refractivity contribution in [2.75, 3.05) is 19.7 Å². The monoisotopic (exact) mass is 228 g/mol. The summed E-state index contributed by atoms with van der Waals surface area (Å²) in [5, 5.41) is 12.3. The lowest BCUT2D eigenvalue weighted by Gasteiger charge is -2.40. The van der Waals surface area contributed by atoms with Gasteiger partial charge in [-0.15, -0.1) is 0 Å². The molecule has 94 valence electrons. The van der Waals surface area contributed by atoms with Crippen molar-refractivity contribution in [2.45, 2.75) is 51.6 Å². The van der Waals surface area contributed by atoms with Crippen LogP contribution in [0.1, 0.15) is 40.0 Å². The van der Waals surface area contributed by atoms with Crippen molar-refractivity contribution in [3.8, 4) is 0 Å². The molecule has 4 heteroatoms. The number of carbonyl (C=O) groups excluding carboxylic acids is 1. The van der Waals surface area contributed by atoms with Crippen LogP contribution in [-0.2, 0) is 4.79 Å². The van der Waals surface area contributed by atoms with Crippen LogP contribution in [0, 0.1) is 0 Å². The van der Waals surface area contributed by atoms with E-state index in [9.17, 15) is 9.90 Å². The van der Waals surface area contributed by atoms with Crippen LogP contribution in [0.5, 0.6) is 0 Å². The van der Waals surface area contributed by atoms with E-state index in [0.29, 0.717) is 6.54 Å². The average molecular weight is 228 g/mol. The van der Waals surface area contributed by atoms with Gasteiger partial charge in [0.1, 0.15) is 6.04 Å². The molecular formula is C12H24N2O2. The third-order valence-corrected chi connectivity index (χ3v) is 3.42. The molecule has 1 atom stereocenters. The van der Waals surface area contributed by atoms with Gasteiger partial charge in [-0.2, -0.15) is 0 Å². The van der Waals surface area contributed by atoms with Gasteiger partial charge < -0.3 is 10.4 Å². The predicted molar refractivity (Wildman–Crippen MR) is 64.2 cm³/mol. The smallest absolute Gasteiger partial charge is 0.239 e. The van der Waals surface area contributed by atoms with E-state index in [-0.39, 0.29) is 24.1 Å². The molecule has 1 aliphatic heterocycles. The van der Waals surface area contributed by atoms with Gasteiger partial charge in [0.05, 0.1) is 6.61 Å². The lowest BCUT2D eigenvalue weighted by Crippen LogP contribution is -2.54. The first-order valence-electron chi connectivity index (χ1n) is 6.18.